The molecule has 0 saturated heterocycles. The van der Waals surface area contributed by atoms with Crippen molar-refractivity contribution in [1.29, 1.82) is 0 Å². The molecule has 0 N–H and O–H groups in total. The molecule has 0 fully saturated rings. The molecular weight excluding hydrogens is 175 g/mol. The van der Waals surface area contributed by atoms with Crippen molar-refractivity contribution in [2.45, 2.75) is 18.7 Å². The highest BCUT2D eigenvalue weighted by atomic mass is 32.2. The average molecular weight is 188 g/mol. The minimum atomic E-state index is 0.601. The summed E-state index contributed by atoms with van der Waals surface area (Å²) in [5.74, 6) is 0.601. The van der Waals surface area contributed by atoms with Crippen molar-refractivity contribution in [2.75, 3.05) is 0 Å². The summed E-state index contributed by atoms with van der Waals surface area (Å²) in [6.07, 6.45) is 4.32. The Bertz CT molecular complexity index is 275. The highest BCUT2D eigenvalue weighted by molar-refractivity contribution is 8.19. The van der Waals surface area contributed by atoms with E-state index < -0.39 is 0 Å². The maximum atomic E-state index is 5.42. The zero-order valence-corrected chi connectivity index (χ0v) is 8.84. The summed E-state index contributed by atoms with van der Waals surface area (Å²) >= 11 is 1.28. The fourth-order valence-corrected chi connectivity index (χ4v) is 1.25. The van der Waals surface area contributed by atoms with Crippen LogP contribution in [0.25, 0.3) is 6.08 Å². The first-order chi connectivity index (χ1) is 6.22. The summed E-state index contributed by atoms with van der Waals surface area (Å²) in [5.41, 5.74) is 1.23. The van der Waals surface area contributed by atoms with Crippen LogP contribution >= 0.6 is 11.6 Å². The second kappa shape index (κ2) is 5.18. The van der Waals surface area contributed by atoms with Crippen molar-refractivity contribution < 1.29 is 0 Å². The van der Waals surface area contributed by atoms with E-state index in [-0.39, 0.29) is 0 Å². The molecule has 0 amide bonds. The first-order valence-electron chi connectivity index (χ1n) is 4.37. The summed E-state index contributed by atoms with van der Waals surface area (Å²) in [7, 11) is 5.42. The van der Waals surface area contributed by atoms with Gasteiger partial charge in [0.15, 0.2) is 7.12 Å². The smallest absolute Gasteiger partial charge is 0.168 e. The van der Waals surface area contributed by atoms with Gasteiger partial charge in [-0.3, -0.25) is 0 Å². The van der Waals surface area contributed by atoms with E-state index in [0.717, 1.165) is 4.90 Å². The molecule has 0 aliphatic carbocycles. The number of allylic oxidation sites excluding steroid dienone is 1. The molecule has 0 spiro atoms. The number of hydrogen-bond donors (Lipinski definition) is 0. The van der Waals surface area contributed by atoms with E-state index >= 15 is 0 Å². The molecule has 66 valence electrons. The van der Waals surface area contributed by atoms with Crippen LogP contribution in [-0.2, 0) is 0 Å². The van der Waals surface area contributed by atoms with Gasteiger partial charge in [0.25, 0.3) is 0 Å². The van der Waals surface area contributed by atoms with Gasteiger partial charge < -0.3 is 0 Å². The fraction of sp³-hybridized carbons (Fsp3) is 0.273. The Labute approximate surface area is 85.7 Å². The summed E-state index contributed by atoms with van der Waals surface area (Å²) in [6, 6.07) is 8.22. The number of hydrogen-bond acceptors (Lipinski definition) is 1. The van der Waals surface area contributed by atoms with Crippen molar-refractivity contribution in [3.8, 4) is 0 Å². The third-order valence-electron chi connectivity index (χ3n) is 1.69. The lowest BCUT2D eigenvalue weighted by atomic mass is 10.1. The summed E-state index contributed by atoms with van der Waals surface area (Å²) in [5, 5.41) is 0. The maximum Gasteiger partial charge on any atom is 0.168 e. The van der Waals surface area contributed by atoms with Crippen LogP contribution in [0.15, 0.2) is 35.2 Å². The van der Waals surface area contributed by atoms with Crippen molar-refractivity contribution >= 4 is 24.8 Å². The molecule has 0 bridgehead atoms. The molecule has 0 aliphatic heterocycles. The molecule has 1 aromatic carbocycles. The van der Waals surface area contributed by atoms with Gasteiger partial charge >= 0.3 is 0 Å². The molecule has 0 atom stereocenters. The summed E-state index contributed by atoms with van der Waals surface area (Å²) in [6.45, 7) is 4.33. The van der Waals surface area contributed by atoms with Gasteiger partial charge in [-0.05, 0) is 28.5 Å². The summed E-state index contributed by atoms with van der Waals surface area (Å²) < 4.78 is 0. The van der Waals surface area contributed by atoms with Crippen LogP contribution in [0, 0.1) is 5.92 Å². The van der Waals surface area contributed by atoms with Crippen LogP contribution in [0.2, 0.25) is 0 Å². The molecule has 1 aromatic rings. The van der Waals surface area contributed by atoms with Crippen LogP contribution in [0.5, 0.6) is 0 Å². The quantitative estimate of drug-likeness (QED) is 0.654. The van der Waals surface area contributed by atoms with Crippen LogP contribution in [0.4, 0.5) is 0 Å². The van der Waals surface area contributed by atoms with Gasteiger partial charge in [-0.25, -0.2) is 0 Å². The van der Waals surface area contributed by atoms with Crippen LogP contribution in [0.1, 0.15) is 19.4 Å². The predicted molar refractivity (Wildman–Crippen MR) is 61.9 cm³/mol. The van der Waals surface area contributed by atoms with Gasteiger partial charge in [0.05, 0.1) is 0 Å². The highest BCUT2D eigenvalue weighted by Crippen LogP contribution is 2.15. The van der Waals surface area contributed by atoms with Crippen molar-refractivity contribution in [3.63, 3.8) is 0 Å². The lowest BCUT2D eigenvalue weighted by Crippen LogP contribution is -1.78. The van der Waals surface area contributed by atoms with Gasteiger partial charge in [-0.15, -0.1) is 0 Å². The van der Waals surface area contributed by atoms with Crippen molar-refractivity contribution in [2.24, 2.45) is 5.92 Å². The first kappa shape index (κ1) is 10.5. The van der Waals surface area contributed by atoms with Crippen LogP contribution in [0.3, 0.4) is 0 Å². The minimum absolute atomic E-state index is 0.601. The molecule has 0 heterocycles. The molecule has 0 aromatic heterocycles. The number of benzene rings is 1. The predicted octanol–water partition coefficient (Wildman–Crippen LogP) is 3.53. The standard InChI is InChI=1S/C11H13BS/c1-9(2)3-4-10-5-7-11(13-12)8-6-10/h3-9H,1-2H3/b4-3+. The topological polar surface area (TPSA) is 0 Å². The molecule has 2 heteroatoms. The van der Waals surface area contributed by atoms with Gasteiger partial charge in [0, 0.05) is 0 Å². The minimum Gasteiger partial charge on any atom is -0.193 e. The second-order valence-corrected chi connectivity index (χ2v) is 4.00. The molecule has 0 aliphatic rings. The van der Waals surface area contributed by atoms with Gasteiger partial charge in [-0.2, -0.15) is 11.6 Å². The van der Waals surface area contributed by atoms with Crippen molar-refractivity contribution in [1.82, 2.24) is 0 Å². The summed E-state index contributed by atoms with van der Waals surface area (Å²) in [4.78, 5) is 1.10. The van der Waals surface area contributed by atoms with E-state index in [1.807, 2.05) is 12.1 Å². The van der Waals surface area contributed by atoms with E-state index in [0.29, 0.717) is 5.92 Å². The van der Waals surface area contributed by atoms with E-state index in [2.05, 4.69) is 38.1 Å². The van der Waals surface area contributed by atoms with Crippen LogP contribution in [-0.4, -0.2) is 7.12 Å². The third kappa shape index (κ3) is 3.73. The Hall–Kier alpha value is -0.625. The Balaban J connectivity index is 2.69. The van der Waals surface area contributed by atoms with Crippen molar-refractivity contribution in [3.05, 3.63) is 35.9 Å². The normalized spacial score (nSPS) is 11.3. The Morgan fingerprint density at radius 1 is 1.23 bits per heavy atom. The Morgan fingerprint density at radius 2 is 1.85 bits per heavy atom. The van der Waals surface area contributed by atoms with Gasteiger partial charge in [0.1, 0.15) is 0 Å². The maximum absolute atomic E-state index is 5.42. The first-order valence-corrected chi connectivity index (χ1v) is 5.25. The van der Waals surface area contributed by atoms with E-state index in [1.165, 1.54) is 17.2 Å². The van der Waals surface area contributed by atoms with E-state index in [4.69, 9.17) is 7.12 Å². The SMILES string of the molecule is [B]Sc1ccc(/C=C/C(C)C)cc1. The van der Waals surface area contributed by atoms with E-state index in [1.54, 1.807) is 0 Å². The van der Waals surface area contributed by atoms with Gasteiger partial charge in [0.2, 0.25) is 0 Å². The molecule has 13 heavy (non-hydrogen) atoms. The molecule has 0 unspecified atom stereocenters. The zero-order chi connectivity index (χ0) is 9.68. The van der Waals surface area contributed by atoms with E-state index in [9.17, 15) is 0 Å². The third-order valence-corrected chi connectivity index (χ3v) is 2.23. The fourth-order valence-electron chi connectivity index (χ4n) is 0.961. The molecule has 0 saturated carbocycles. The highest BCUT2D eigenvalue weighted by Gasteiger charge is 1.89. The molecule has 2 radical (unpaired) electrons. The Kier molecular flexibility index (Phi) is 4.17. The lowest BCUT2D eigenvalue weighted by Gasteiger charge is -1.98. The van der Waals surface area contributed by atoms with Gasteiger partial charge in [-0.1, -0.05) is 38.1 Å². The lowest BCUT2D eigenvalue weighted by molar-refractivity contribution is 0.836. The molecular formula is C11H13BS. The largest absolute Gasteiger partial charge is 0.193 e. The molecule has 1 rings (SSSR count). The number of rotatable bonds is 3. The monoisotopic (exact) mass is 188 g/mol. The average Bonchev–Trinajstić information content (AvgIpc) is 2.15. The zero-order valence-electron chi connectivity index (χ0n) is 8.03. The Morgan fingerprint density at radius 3 is 2.31 bits per heavy atom. The van der Waals surface area contributed by atoms with Crippen LogP contribution < -0.4 is 0 Å². The second-order valence-electron chi connectivity index (χ2n) is 3.29. The molecule has 0 nitrogen and oxygen atoms in total.